The van der Waals surface area contributed by atoms with Crippen LogP contribution in [0.2, 0.25) is 10.0 Å². The van der Waals surface area contributed by atoms with Gasteiger partial charge in [-0.2, -0.15) is 0 Å². The van der Waals surface area contributed by atoms with Gasteiger partial charge in [-0.1, -0.05) is 40.9 Å². The summed E-state index contributed by atoms with van der Waals surface area (Å²) < 4.78 is 15.5. The van der Waals surface area contributed by atoms with Crippen molar-refractivity contribution in [3.63, 3.8) is 0 Å². The van der Waals surface area contributed by atoms with Crippen LogP contribution in [0, 0.1) is 13.8 Å². The van der Waals surface area contributed by atoms with Gasteiger partial charge in [-0.25, -0.2) is 9.59 Å². The molecule has 0 radical (unpaired) electrons. The molecular formula is C19H18Cl2O5. The Kier molecular flexibility index (Phi) is 6.89. The summed E-state index contributed by atoms with van der Waals surface area (Å²) in [5.74, 6) is -0.678. The van der Waals surface area contributed by atoms with E-state index in [4.69, 9.17) is 37.4 Å². The Morgan fingerprint density at radius 3 is 2.27 bits per heavy atom. The van der Waals surface area contributed by atoms with Crippen LogP contribution in [0.25, 0.3) is 0 Å². The van der Waals surface area contributed by atoms with E-state index in [-0.39, 0.29) is 34.6 Å². The molecule has 0 bridgehead atoms. The molecule has 2 rings (SSSR count). The van der Waals surface area contributed by atoms with Gasteiger partial charge in [0.1, 0.15) is 5.75 Å². The Labute approximate surface area is 161 Å². The second kappa shape index (κ2) is 8.92. The molecule has 0 aromatic heterocycles. The Bertz CT molecular complexity index is 810. The normalized spacial score (nSPS) is 10.3. The van der Waals surface area contributed by atoms with Gasteiger partial charge in [0.15, 0.2) is 12.4 Å². The van der Waals surface area contributed by atoms with Gasteiger partial charge in [0, 0.05) is 0 Å². The molecule has 0 aliphatic rings. The molecule has 5 nitrogen and oxygen atoms in total. The van der Waals surface area contributed by atoms with Crippen molar-refractivity contribution in [3.05, 3.63) is 57.1 Å². The summed E-state index contributed by atoms with van der Waals surface area (Å²) in [5, 5.41) is 0.0563. The summed E-state index contributed by atoms with van der Waals surface area (Å²) in [6.07, 6.45) is 0. The van der Waals surface area contributed by atoms with Gasteiger partial charge in [0.2, 0.25) is 0 Å². The molecule has 138 valence electrons. The largest absolute Gasteiger partial charge is 0.482 e. The molecule has 0 aliphatic carbocycles. The van der Waals surface area contributed by atoms with E-state index in [1.807, 2.05) is 26.0 Å². The Morgan fingerprint density at radius 2 is 1.69 bits per heavy atom. The number of benzene rings is 2. The first kappa shape index (κ1) is 20.1. The van der Waals surface area contributed by atoms with Crippen LogP contribution < -0.4 is 9.47 Å². The Morgan fingerprint density at radius 1 is 1.04 bits per heavy atom. The van der Waals surface area contributed by atoms with Gasteiger partial charge in [-0.15, -0.1) is 0 Å². The standard InChI is InChI=1S/C19H18Cl2O5/c1-4-24-19(23)13-8-14(20)18(15(21)9-13)26-17(22)10-25-16-6-5-11(2)7-12(16)3/h5-9H,4,10H2,1-3H3. The van der Waals surface area contributed by atoms with Crippen molar-refractivity contribution >= 4 is 35.1 Å². The molecule has 0 spiro atoms. The van der Waals surface area contributed by atoms with Crippen LogP contribution in [0.1, 0.15) is 28.4 Å². The predicted octanol–water partition coefficient (Wildman–Crippen LogP) is 4.77. The highest BCUT2D eigenvalue weighted by atomic mass is 35.5. The van der Waals surface area contributed by atoms with Gasteiger partial charge in [0.25, 0.3) is 0 Å². The third-order valence-corrected chi connectivity index (χ3v) is 3.96. The SMILES string of the molecule is CCOC(=O)c1cc(Cl)c(OC(=O)COc2ccc(C)cc2C)c(Cl)c1. The Balaban J connectivity index is 2.05. The van der Waals surface area contributed by atoms with E-state index in [1.165, 1.54) is 12.1 Å². The number of carbonyl (C=O) groups excluding carboxylic acids is 2. The van der Waals surface area contributed by atoms with Crippen molar-refractivity contribution in [2.75, 3.05) is 13.2 Å². The van der Waals surface area contributed by atoms with Crippen molar-refractivity contribution in [2.45, 2.75) is 20.8 Å². The van der Waals surface area contributed by atoms with Crippen LogP contribution in [0.4, 0.5) is 0 Å². The molecule has 26 heavy (non-hydrogen) atoms. The van der Waals surface area contributed by atoms with E-state index >= 15 is 0 Å². The lowest BCUT2D eigenvalue weighted by Crippen LogP contribution is -2.18. The molecule has 0 saturated carbocycles. The first-order valence-corrected chi connectivity index (χ1v) is 8.64. The van der Waals surface area contributed by atoms with Crippen LogP contribution in [-0.4, -0.2) is 25.2 Å². The van der Waals surface area contributed by atoms with E-state index in [2.05, 4.69) is 0 Å². The maximum Gasteiger partial charge on any atom is 0.349 e. The summed E-state index contributed by atoms with van der Waals surface area (Å²) in [5.41, 5.74) is 2.18. The van der Waals surface area contributed by atoms with Crippen molar-refractivity contribution in [1.29, 1.82) is 0 Å². The second-order valence-corrected chi connectivity index (χ2v) is 6.34. The highest BCUT2D eigenvalue weighted by molar-refractivity contribution is 6.37. The molecule has 7 heteroatoms. The maximum atomic E-state index is 12.0. The lowest BCUT2D eigenvalue weighted by atomic mass is 10.1. The van der Waals surface area contributed by atoms with Gasteiger partial charge < -0.3 is 14.2 Å². The molecule has 2 aromatic carbocycles. The van der Waals surface area contributed by atoms with Crippen molar-refractivity contribution in [1.82, 2.24) is 0 Å². The summed E-state index contributed by atoms with van der Waals surface area (Å²) in [7, 11) is 0. The first-order chi connectivity index (χ1) is 12.3. The second-order valence-electron chi connectivity index (χ2n) is 5.52. The quantitative estimate of drug-likeness (QED) is 0.519. The minimum atomic E-state index is -0.669. The van der Waals surface area contributed by atoms with Crippen LogP contribution in [-0.2, 0) is 9.53 Å². The fourth-order valence-electron chi connectivity index (χ4n) is 2.23. The van der Waals surface area contributed by atoms with E-state index in [1.54, 1.807) is 13.0 Å². The summed E-state index contributed by atoms with van der Waals surface area (Å²) in [6, 6.07) is 8.28. The fraction of sp³-hybridized carbons (Fsp3) is 0.263. The van der Waals surface area contributed by atoms with E-state index in [9.17, 15) is 9.59 Å². The van der Waals surface area contributed by atoms with E-state index in [0.717, 1.165) is 11.1 Å². The zero-order valence-electron chi connectivity index (χ0n) is 14.6. The molecular weight excluding hydrogens is 379 g/mol. The third kappa shape index (κ3) is 5.13. The van der Waals surface area contributed by atoms with Crippen LogP contribution in [0.3, 0.4) is 0 Å². The zero-order chi connectivity index (χ0) is 19.3. The zero-order valence-corrected chi connectivity index (χ0v) is 16.1. The lowest BCUT2D eigenvalue weighted by molar-refractivity contribution is -0.136. The number of esters is 2. The number of hydrogen-bond acceptors (Lipinski definition) is 5. The van der Waals surface area contributed by atoms with Crippen LogP contribution >= 0.6 is 23.2 Å². The number of halogens is 2. The fourth-order valence-corrected chi connectivity index (χ4v) is 2.80. The molecule has 0 unspecified atom stereocenters. The van der Waals surface area contributed by atoms with Crippen molar-refractivity contribution in [3.8, 4) is 11.5 Å². The monoisotopic (exact) mass is 396 g/mol. The van der Waals surface area contributed by atoms with Crippen LogP contribution in [0.15, 0.2) is 30.3 Å². The maximum absolute atomic E-state index is 12.0. The topological polar surface area (TPSA) is 61.8 Å². The highest BCUT2D eigenvalue weighted by Gasteiger charge is 2.18. The third-order valence-electron chi connectivity index (χ3n) is 3.40. The minimum absolute atomic E-state index is 0.0282. The van der Waals surface area contributed by atoms with Crippen molar-refractivity contribution in [2.24, 2.45) is 0 Å². The number of rotatable bonds is 6. The minimum Gasteiger partial charge on any atom is -0.482 e. The summed E-state index contributed by atoms with van der Waals surface area (Å²) in [4.78, 5) is 23.8. The number of aryl methyl sites for hydroxylation is 2. The first-order valence-electron chi connectivity index (χ1n) is 7.88. The molecule has 0 heterocycles. The van der Waals surface area contributed by atoms with Gasteiger partial charge in [0.05, 0.1) is 22.2 Å². The van der Waals surface area contributed by atoms with E-state index in [0.29, 0.717) is 5.75 Å². The van der Waals surface area contributed by atoms with E-state index < -0.39 is 11.9 Å². The summed E-state index contributed by atoms with van der Waals surface area (Å²) in [6.45, 7) is 5.45. The van der Waals surface area contributed by atoms with Gasteiger partial charge in [-0.05, 0) is 44.5 Å². The summed E-state index contributed by atoms with van der Waals surface area (Å²) >= 11 is 12.1. The van der Waals surface area contributed by atoms with Crippen molar-refractivity contribution < 1.29 is 23.8 Å². The molecule has 0 atom stereocenters. The number of hydrogen-bond donors (Lipinski definition) is 0. The molecule has 0 aliphatic heterocycles. The molecule has 0 N–H and O–H groups in total. The number of carbonyl (C=O) groups is 2. The molecule has 0 saturated heterocycles. The highest BCUT2D eigenvalue weighted by Crippen LogP contribution is 2.34. The van der Waals surface area contributed by atoms with Gasteiger partial charge >= 0.3 is 11.9 Å². The Hall–Kier alpha value is -2.24. The molecule has 0 amide bonds. The average molecular weight is 397 g/mol. The smallest absolute Gasteiger partial charge is 0.349 e. The number of ether oxygens (including phenoxy) is 3. The average Bonchev–Trinajstić information content (AvgIpc) is 2.57. The lowest BCUT2D eigenvalue weighted by Gasteiger charge is -2.12. The van der Waals surface area contributed by atoms with Crippen LogP contribution in [0.5, 0.6) is 11.5 Å². The molecule has 2 aromatic rings. The van der Waals surface area contributed by atoms with Gasteiger partial charge in [-0.3, -0.25) is 0 Å². The molecule has 0 fully saturated rings. The predicted molar refractivity (Wildman–Crippen MR) is 99.5 cm³/mol.